The molecule has 1 heterocycles. The standard InChI is InChI=1S/C27H42N10O6/c28-10-4-3-9-19(26(42)43)35-24(40)20(12-15-14-34-18-8-2-1-6-16(15)18)37-25(41)21(13-22(30)38)36-23(39)17(29)7-5-11-33-27(31)32/h1-2,6,8,14,17,19-21,34H,3-5,7,9-13,28-29H2,(H2,30,38)(H,35,40)(H,36,39)(H,37,41)(H,42,43)(H4,31,32,33). The van der Waals surface area contributed by atoms with E-state index in [-0.39, 0.29) is 31.8 Å². The number of hydrogen-bond donors (Lipinski definition) is 10. The van der Waals surface area contributed by atoms with Crippen LogP contribution in [0.2, 0.25) is 0 Å². The highest BCUT2D eigenvalue weighted by Crippen LogP contribution is 2.19. The molecule has 1 aromatic carbocycles. The average Bonchev–Trinajstić information content (AvgIpc) is 3.36. The monoisotopic (exact) mass is 602 g/mol. The van der Waals surface area contributed by atoms with Gasteiger partial charge in [0, 0.05) is 30.1 Å². The van der Waals surface area contributed by atoms with E-state index in [1.165, 1.54) is 0 Å². The minimum absolute atomic E-state index is 0.0295. The van der Waals surface area contributed by atoms with Crippen LogP contribution in [-0.2, 0) is 30.4 Å². The highest BCUT2D eigenvalue weighted by atomic mass is 16.4. The molecule has 0 radical (unpaired) electrons. The van der Waals surface area contributed by atoms with Crippen LogP contribution in [0.15, 0.2) is 35.5 Å². The fourth-order valence-electron chi connectivity index (χ4n) is 4.36. The van der Waals surface area contributed by atoms with E-state index in [0.717, 1.165) is 10.9 Å². The van der Waals surface area contributed by atoms with E-state index >= 15 is 0 Å². The third-order valence-electron chi connectivity index (χ3n) is 6.64. The zero-order chi connectivity index (χ0) is 31.9. The van der Waals surface area contributed by atoms with Gasteiger partial charge in [-0.1, -0.05) is 18.2 Å². The van der Waals surface area contributed by atoms with Crippen molar-refractivity contribution in [3.8, 4) is 0 Å². The number of aromatic nitrogens is 1. The van der Waals surface area contributed by atoms with E-state index < -0.39 is 60.2 Å². The Labute approximate surface area is 248 Å². The number of unbranched alkanes of at least 4 members (excludes halogenated alkanes) is 1. The van der Waals surface area contributed by atoms with Gasteiger partial charge in [-0.25, -0.2) is 4.79 Å². The van der Waals surface area contributed by atoms with Gasteiger partial charge in [0.2, 0.25) is 23.6 Å². The van der Waals surface area contributed by atoms with Gasteiger partial charge in [-0.2, -0.15) is 0 Å². The Morgan fingerprint density at radius 2 is 1.51 bits per heavy atom. The molecule has 0 bridgehead atoms. The number of hydrogen-bond acceptors (Lipinski definition) is 8. The van der Waals surface area contributed by atoms with Crippen LogP contribution in [0.1, 0.15) is 44.1 Å². The first-order valence-electron chi connectivity index (χ1n) is 13.9. The van der Waals surface area contributed by atoms with Gasteiger partial charge in [-0.05, 0) is 50.3 Å². The Hall–Kier alpha value is -4.70. The van der Waals surface area contributed by atoms with Crippen LogP contribution < -0.4 is 44.6 Å². The van der Waals surface area contributed by atoms with Crippen LogP contribution in [0.25, 0.3) is 10.9 Å². The number of aromatic amines is 1. The molecule has 0 aliphatic heterocycles. The van der Waals surface area contributed by atoms with Crippen LogP contribution in [0, 0.1) is 0 Å². The van der Waals surface area contributed by atoms with E-state index in [9.17, 15) is 29.1 Å². The molecule has 2 rings (SSSR count). The number of aliphatic carboxylic acids is 1. The van der Waals surface area contributed by atoms with E-state index in [0.29, 0.717) is 31.4 Å². The lowest BCUT2D eigenvalue weighted by atomic mass is 10.0. The molecule has 16 nitrogen and oxygen atoms in total. The van der Waals surface area contributed by atoms with Crippen molar-refractivity contribution < 1.29 is 29.1 Å². The highest BCUT2D eigenvalue weighted by Gasteiger charge is 2.31. The van der Waals surface area contributed by atoms with Gasteiger partial charge in [-0.15, -0.1) is 0 Å². The zero-order valence-electron chi connectivity index (χ0n) is 23.9. The fraction of sp³-hybridized carbons (Fsp3) is 0.481. The Kier molecular flexibility index (Phi) is 13.9. The summed E-state index contributed by atoms with van der Waals surface area (Å²) in [5.74, 6) is -4.60. The maximum absolute atomic E-state index is 13.4. The molecule has 0 fully saturated rings. The maximum atomic E-state index is 13.4. The third kappa shape index (κ3) is 11.6. The molecule has 0 saturated carbocycles. The molecular formula is C27H42N10O6. The number of aliphatic imine (C=N–C) groups is 1. The number of carboxylic acid groups (broad SMARTS) is 1. The van der Waals surface area contributed by atoms with Crippen molar-refractivity contribution in [1.82, 2.24) is 20.9 Å². The number of rotatable bonds is 19. The maximum Gasteiger partial charge on any atom is 0.326 e. The molecular weight excluding hydrogens is 560 g/mol. The summed E-state index contributed by atoms with van der Waals surface area (Å²) < 4.78 is 0. The number of nitrogens with one attached hydrogen (secondary N) is 4. The van der Waals surface area contributed by atoms with Gasteiger partial charge in [0.25, 0.3) is 0 Å². The molecule has 0 saturated heterocycles. The Bertz CT molecular complexity index is 1290. The highest BCUT2D eigenvalue weighted by molar-refractivity contribution is 5.96. The van der Waals surface area contributed by atoms with Crippen LogP contribution in [-0.4, -0.2) is 82.9 Å². The van der Waals surface area contributed by atoms with Crippen molar-refractivity contribution in [3.05, 3.63) is 36.0 Å². The molecule has 4 unspecified atom stereocenters. The number of primary amides is 1. The molecule has 16 heteroatoms. The van der Waals surface area contributed by atoms with E-state index in [4.69, 9.17) is 28.7 Å². The molecule has 4 amide bonds. The first-order valence-corrected chi connectivity index (χ1v) is 13.9. The smallest absolute Gasteiger partial charge is 0.326 e. The summed E-state index contributed by atoms with van der Waals surface area (Å²) in [4.78, 5) is 70.0. The molecule has 43 heavy (non-hydrogen) atoms. The van der Waals surface area contributed by atoms with Crippen molar-refractivity contribution >= 4 is 46.5 Å². The number of amides is 4. The van der Waals surface area contributed by atoms with E-state index in [1.54, 1.807) is 6.20 Å². The van der Waals surface area contributed by atoms with Gasteiger partial charge < -0.3 is 54.7 Å². The van der Waals surface area contributed by atoms with Crippen molar-refractivity contribution in [2.24, 2.45) is 33.7 Å². The number of para-hydroxylation sites is 1. The number of benzene rings is 1. The lowest BCUT2D eigenvalue weighted by Crippen LogP contribution is -2.58. The number of guanidine groups is 1. The number of carbonyl (C=O) groups excluding carboxylic acids is 4. The molecule has 0 spiro atoms. The van der Waals surface area contributed by atoms with Crippen molar-refractivity contribution in [2.45, 2.75) is 69.1 Å². The summed E-state index contributed by atoms with van der Waals surface area (Å²) in [6.07, 6.45) is 2.80. The third-order valence-corrected chi connectivity index (χ3v) is 6.64. The van der Waals surface area contributed by atoms with Gasteiger partial charge >= 0.3 is 5.97 Å². The Balaban J connectivity index is 2.25. The van der Waals surface area contributed by atoms with Crippen molar-refractivity contribution in [1.29, 1.82) is 0 Å². The van der Waals surface area contributed by atoms with E-state index in [1.807, 2.05) is 24.3 Å². The number of nitrogens with two attached hydrogens (primary N) is 5. The minimum atomic E-state index is -1.45. The summed E-state index contributed by atoms with van der Waals surface area (Å²) in [7, 11) is 0. The SMILES string of the molecule is NCCCCC(NC(=O)C(Cc1c[nH]c2ccccc12)NC(=O)C(CC(N)=O)NC(=O)C(N)CCCN=C(N)N)C(=O)O. The second-order valence-corrected chi connectivity index (χ2v) is 10.1. The number of fused-ring (bicyclic) bond motifs is 1. The quantitative estimate of drug-likeness (QED) is 0.0463. The number of nitrogens with zero attached hydrogens (tertiary/aromatic N) is 1. The first-order chi connectivity index (χ1) is 20.4. The van der Waals surface area contributed by atoms with Crippen LogP contribution in [0.4, 0.5) is 0 Å². The fourth-order valence-corrected chi connectivity index (χ4v) is 4.36. The second kappa shape index (κ2) is 17.3. The normalized spacial score (nSPS) is 13.7. The van der Waals surface area contributed by atoms with Gasteiger partial charge in [0.15, 0.2) is 5.96 Å². The summed E-state index contributed by atoms with van der Waals surface area (Å²) in [5, 5.41) is 17.9. The average molecular weight is 603 g/mol. The minimum Gasteiger partial charge on any atom is -0.480 e. The summed E-state index contributed by atoms with van der Waals surface area (Å²) in [5.41, 5.74) is 28.8. The molecule has 236 valence electrons. The molecule has 0 aliphatic carbocycles. The second-order valence-electron chi connectivity index (χ2n) is 10.1. The predicted octanol–water partition coefficient (Wildman–Crippen LogP) is -2.37. The number of carbonyl (C=O) groups is 5. The topological polar surface area (TPSA) is 300 Å². The lowest BCUT2D eigenvalue weighted by molar-refractivity contribution is -0.142. The molecule has 0 aliphatic rings. The van der Waals surface area contributed by atoms with Crippen LogP contribution >= 0.6 is 0 Å². The lowest BCUT2D eigenvalue weighted by Gasteiger charge is -2.25. The van der Waals surface area contributed by atoms with Crippen molar-refractivity contribution in [3.63, 3.8) is 0 Å². The first kappa shape index (κ1) is 34.5. The van der Waals surface area contributed by atoms with Crippen LogP contribution in [0.3, 0.4) is 0 Å². The summed E-state index contributed by atoms with van der Waals surface area (Å²) in [6, 6.07) is 2.31. The zero-order valence-corrected chi connectivity index (χ0v) is 23.9. The molecule has 1 aromatic heterocycles. The molecule has 4 atom stereocenters. The molecule has 2 aromatic rings. The van der Waals surface area contributed by atoms with Gasteiger partial charge in [-0.3, -0.25) is 24.2 Å². The summed E-state index contributed by atoms with van der Waals surface area (Å²) >= 11 is 0. The number of carboxylic acids is 1. The Morgan fingerprint density at radius 1 is 0.860 bits per heavy atom. The predicted molar refractivity (Wildman–Crippen MR) is 160 cm³/mol. The van der Waals surface area contributed by atoms with Gasteiger partial charge in [0.1, 0.15) is 18.1 Å². The van der Waals surface area contributed by atoms with Crippen LogP contribution in [0.5, 0.6) is 0 Å². The van der Waals surface area contributed by atoms with Gasteiger partial charge in [0.05, 0.1) is 12.5 Å². The number of H-pyrrole nitrogens is 1. The summed E-state index contributed by atoms with van der Waals surface area (Å²) in [6.45, 7) is 0.606. The molecule has 15 N–H and O–H groups in total. The Morgan fingerprint density at radius 3 is 2.16 bits per heavy atom. The van der Waals surface area contributed by atoms with E-state index in [2.05, 4.69) is 25.9 Å². The van der Waals surface area contributed by atoms with Crippen molar-refractivity contribution in [2.75, 3.05) is 13.1 Å². The largest absolute Gasteiger partial charge is 0.480 e.